The van der Waals surface area contributed by atoms with Crippen molar-refractivity contribution in [2.45, 2.75) is 23.5 Å². The van der Waals surface area contributed by atoms with Crippen molar-refractivity contribution < 1.29 is 26.9 Å². The predicted molar refractivity (Wildman–Crippen MR) is 109 cm³/mol. The number of methoxy groups -OCH3 is 1. The number of hydrogen-bond acceptors (Lipinski definition) is 8. The van der Waals surface area contributed by atoms with Gasteiger partial charge in [0.2, 0.25) is 5.89 Å². The smallest absolute Gasteiger partial charge is 0.289 e. The summed E-state index contributed by atoms with van der Waals surface area (Å²) in [6, 6.07) is 10.7. The Balaban J connectivity index is 1.34. The van der Waals surface area contributed by atoms with Crippen LogP contribution in [0.2, 0.25) is 0 Å². The van der Waals surface area contributed by atoms with E-state index in [9.17, 15) is 13.2 Å². The highest BCUT2D eigenvalue weighted by Gasteiger charge is 2.64. The fourth-order valence-electron chi connectivity index (χ4n) is 4.43. The molecule has 2 aromatic heterocycles. The molecule has 1 unspecified atom stereocenters. The average Bonchev–Trinajstić information content (AvgIpc) is 3.46. The van der Waals surface area contributed by atoms with E-state index in [-0.39, 0.29) is 30.5 Å². The first-order valence-corrected chi connectivity index (χ1v) is 11.6. The zero-order valence-electron chi connectivity index (χ0n) is 16.9. The molecule has 3 aromatic rings. The second-order valence-electron chi connectivity index (χ2n) is 7.94. The molecule has 5 rings (SSSR count). The fraction of sp³-hybridized carbons (Fsp3) is 0.381. The highest BCUT2D eigenvalue weighted by Crippen LogP contribution is 2.49. The molecular formula is C21H21N3O6S. The van der Waals surface area contributed by atoms with E-state index in [1.54, 1.807) is 19.2 Å². The monoisotopic (exact) mass is 443 g/mol. The standard InChI is InChI=1S/C21H21N3O6S/c1-28-15-6-4-14(5-7-15)11-18-22-19(30-23-18)16-8-10-31(26,27)21(16)12-24(13-21)20(25)17-3-2-9-29-17/h2-7,9,16H,8,10-13H2,1H3. The minimum Gasteiger partial charge on any atom is -0.497 e. The first-order valence-electron chi connectivity index (χ1n) is 9.92. The lowest BCUT2D eigenvalue weighted by atomic mass is 9.83. The third-order valence-corrected chi connectivity index (χ3v) is 8.72. The van der Waals surface area contributed by atoms with Crippen molar-refractivity contribution in [2.24, 2.45) is 0 Å². The Morgan fingerprint density at radius 1 is 1.26 bits per heavy atom. The van der Waals surface area contributed by atoms with Crippen molar-refractivity contribution in [3.05, 3.63) is 65.7 Å². The van der Waals surface area contributed by atoms with Crippen LogP contribution in [0.1, 0.15) is 40.2 Å². The highest BCUT2D eigenvalue weighted by molar-refractivity contribution is 7.93. The molecule has 0 radical (unpaired) electrons. The van der Waals surface area contributed by atoms with Crippen molar-refractivity contribution in [3.63, 3.8) is 0 Å². The lowest BCUT2D eigenvalue weighted by Crippen LogP contribution is -2.67. The minimum absolute atomic E-state index is 0.0383. The summed E-state index contributed by atoms with van der Waals surface area (Å²) in [6.45, 7) is 0.186. The molecular weight excluding hydrogens is 422 g/mol. The molecule has 2 fully saturated rings. The second kappa shape index (κ2) is 7.23. The van der Waals surface area contributed by atoms with Crippen LogP contribution in [0, 0.1) is 0 Å². The van der Waals surface area contributed by atoms with Crippen molar-refractivity contribution in [1.82, 2.24) is 15.0 Å². The van der Waals surface area contributed by atoms with Gasteiger partial charge in [0, 0.05) is 19.5 Å². The van der Waals surface area contributed by atoms with Gasteiger partial charge in [-0.3, -0.25) is 4.79 Å². The molecule has 0 aliphatic carbocycles. The van der Waals surface area contributed by atoms with Gasteiger partial charge in [-0.15, -0.1) is 0 Å². The molecule has 2 aliphatic heterocycles. The molecule has 1 atom stereocenters. The van der Waals surface area contributed by atoms with Crippen molar-refractivity contribution in [1.29, 1.82) is 0 Å². The highest BCUT2D eigenvalue weighted by atomic mass is 32.2. The number of sulfone groups is 1. The number of carbonyl (C=O) groups excluding carboxylic acids is 1. The van der Waals surface area contributed by atoms with E-state index in [0.717, 1.165) is 11.3 Å². The number of ether oxygens (including phenoxy) is 1. The molecule has 1 spiro atoms. The van der Waals surface area contributed by atoms with Crippen LogP contribution in [0.5, 0.6) is 5.75 Å². The van der Waals surface area contributed by atoms with E-state index in [1.807, 2.05) is 24.3 Å². The second-order valence-corrected chi connectivity index (χ2v) is 10.4. The number of carbonyl (C=O) groups is 1. The van der Waals surface area contributed by atoms with Gasteiger partial charge in [0.15, 0.2) is 21.4 Å². The lowest BCUT2D eigenvalue weighted by Gasteiger charge is -2.48. The summed E-state index contributed by atoms with van der Waals surface area (Å²) < 4.78 is 40.5. The van der Waals surface area contributed by atoms with Crippen LogP contribution in [-0.2, 0) is 16.3 Å². The Labute approximate surface area is 178 Å². The van der Waals surface area contributed by atoms with E-state index in [0.29, 0.717) is 24.6 Å². The Kier molecular flexibility index (Phi) is 4.62. The average molecular weight is 443 g/mol. The van der Waals surface area contributed by atoms with Crippen LogP contribution in [0.4, 0.5) is 0 Å². The number of amides is 1. The third kappa shape index (κ3) is 3.21. The number of aromatic nitrogens is 2. The number of furan rings is 1. The molecule has 9 nitrogen and oxygen atoms in total. The molecule has 10 heteroatoms. The Morgan fingerprint density at radius 2 is 2.03 bits per heavy atom. The van der Waals surface area contributed by atoms with Crippen molar-refractivity contribution in [3.8, 4) is 5.75 Å². The third-order valence-electron chi connectivity index (χ3n) is 6.17. The summed E-state index contributed by atoms with van der Waals surface area (Å²) in [7, 11) is -1.80. The van der Waals surface area contributed by atoms with Crippen LogP contribution in [0.3, 0.4) is 0 Å². The summed E-state index contributed by atoms with van der Waals surface area (Å²) in [5.41, 5.74) is 0.987. The molecule has 0 saturated carbocycles. The van der Waals surface area contributed by atoms with Gasteiger partial charge >= 0.3 is 0 Å². The summed E-state index contributed by atoms with van der Waals surface area (Å²) in [5.74, 6) is 1.04. The quantitative estimate of drug-likeness (QED) is 0.588. The topological polar surface area (TPSA) is 116 Å². The van der Waals surface area contributed by atoms with Crippen LogP contribution >= 0.6 is 0 Å². The minimum atomic E-state index is -3.41. The van der Waals surface area contributed by atoms with E-state index in [1.165, 1.54) is 11.2 Å². The number of rotatable bonds is 5. The normalized spacial score (nSPS) is 21.2. The summed E-state index contributed by atoms with van der Waals surface area (Å²) in [4.78, 5) is 18.5. The van der Waals surface area contributed by atoms with E-state index >= 15 is 0 Å². The molecule has 162 valence electrons. The Hall–Kier alpha value is -3.14. The molecule has 4 heterocycles. The van der Waals surface area contributed by atoms with E-state index < -0.39 is 20.5 Å². The van der Waals surface area contributed by atoms with Crippen molar-refractivity contribution in [2.75, 3.05) is 26.0 Å². The number of benzene rings is 1. The van der Waals surface area contributed by atoms with Gasteiger partial charge in [0.05, 0.1) is 25.0 Å². The largest absolute Gasteiger partial charge is 0.497 e. The zero-order valence-corrected chi connectivity index (χ0v) is 17.7. The molecule has 2 saturated heterocycles. The number of likely N-dealkylation sites (tertiary alicyclic amines) is 1. The molecule has 0 N–H and O–H groups in total. The molecule has 1 aromatic carbocycles. The van der Waals surface area contributed by atoms with Crippen LogP contribution in [-0.4, -0.2) is 60.1 Å². The van der Waals surface area contributed by atoms with Gasteiger partial charge < -0.3 is 18.6 Å². The van der Waals surface area contributed by atoms with Gasteiger partial charge in [-0.05, 0) is 36.2 Å². The van der Waals surface area contributed by atoms with Crippen LogP contribution in [0.25, 0.3) is 0 Å². The summed E-state index contributed by atoms with van der Waals surface area (Å²) in [6.07, 6.45) is 2.28. The number of hydrogen-bond donors (Lipinski definition) is 0. The van der Waals surface area contributed by atoms with Gasteiger partial charge in [-0.25, -0.2) is 8.42 Å². The lowest BCUT2D eigenvalue weighted by molar-refractivity contribution is 0.0472. The summed E-state index contributed by atoms with van der Waals surface area (Å²) in [5, 5.41) is 4.06. The van der Waals surface area contributed by atoms with Gasteiger partial charge in [0.1, 0.15) is 10.5 Å². The number of nitrogens with zero attached hydrogens (tertiary/aromatic N) is 3. The van der Waals surface area contributed by atoms with E-state index in [4.69, 9.17) is 13.7 Å². The first kappa shape index (κ1) is 19.8. The molecule has 1 amide bonds. The van der Waals surface area contributed by atoms with Gasteiger partial charge in [-0.2, -0.15) is 4.98 Å². The maximum atomic E-state index is 12.9. The van der Waals surface area contributed by atoms with Crippen LogP contribution < -0.4 is 4.74 Å². The Morgan fingerprint density at radius 3 is 2.71 bits per heavy atom. The SMILES string of the molecule is COc1ccc(Cc2noc(C3CCS(=O)(=O)C34CN(C(=O)c3ccco3)C4)n2)cc1. The fourth-order valence-corrected chi connectivity index (χ4v) is 6.74. The van der Waals surface area contributed by atoms with Crippen LogP contribution in [0.15, 0.2) is 51.6 Å². The molecule has 0 bridgehead atoms. The maximum absolute atomic E-state index is 12.9. The molecule has 31 heavy (non-hydrogen) atoms. The van der Waals surface area contributed by atoms with Gasteiger partial charge in [-0.1, -0.05) is 17.3 Å². The zero-order chi connectivity index (χ0) is 21.6. The van der Waals surface area contributed by atoms with Crippen molar-refractivity contribution >= 4 is 15.7 Å². The maximum Gasteiger partial charge on any atom is 0.289 e. The molecule has 2 aliphatic rings. The summed E-state index contributed by atoms with van der Waals surface area (Å²) >= 11 is 0. The predicted octanol–water partition coefficient (Wildman–Crippen LogP) is 2.06. The van der Waals surface area contributed by atoms with E-state index in [2.05, 4.69) is 10.1 Å². The Bertz CT molecular complexity index is 1190. The first-order chi connectivity index (χ1) is 14.9. The van der Waals surface area contributed by atoms with Gasteiger partial charge in [0.25, 0.3) is 5.91 Å².